The van der Waals surface area contributed by atoms with Crippen LogP contribution in [0, 0.1) is 5.92 Å². The summed E-state index contributed by atoms with van der Waals surface area (Å²) in [5, 5.41) is 6.00. The second-order valence-corrected chi connectivity index (χ2v) is 9.33. The summed E-state index contributed by atoms with van der Waals surface area (Å²) in [6, 6.07) is 5.80. The van der Waals surface area contributed by atoms with Crippen LogP contribution < -0.4 is 5.32 Å². The first-order chi connectivity index (χ1) is 13.4. The number of hydrogen-bond acceptors (Lipinski definition) is 7. The normalized spacial score (nSPS) is 11.2. The number of ether oxygens (including phenoxy) is 1. The van der Waals surface area contributed by atoms with Crippen molar-refractivity contribution in [3.63, 3.8) is 0 Å². The van der Waals surface area contributed by atoms with E-state index >= 15 is 0 Å². The average Bonchev–Trinajstić information content (AvgIpc) is 3.31. The van der Waals surface area contributed by atoms with Crippen LogP contribution in [0.25, 0.3) is 10.4 Å². The second kappa shape index (κ2) is 8.84. The molecule has 3 aromatic heterocycles. The number of carbonyl (C=O) groups is 1. The Hall–Kier alpha value is -2.25. The van der Waals surface area contributed by atoms with Crippen molar-refractivity contribution in [1.82, 2.24) is 9.97 Å². The van der Waals surface area contributed by atoms with Gasteiger partial charge in [0.2, 0.25) is 0 Å². The quantitative estimate of drug-likeness (QED) is 0.471. The van der Waals surface area contributed by atoms with E-state index in [0.29, 0.717) is 23.2 Å². The number of thiophene rings is 1. The summed E-state index contributed by atoms with van der Waals surface area (Å²) < 4.78 is 4.97. The van der Waals surface area contributed by atoms with Gasteiger partial charge in [0.1, 0.15) is 11.4 Å². The number of nitrogens with zero attached hydrogens (tertiary/aromatic N) is 2. The van der Waals surface area contributed by atoms with Gasteiger partial charge in [-0.3, -0.25) is 0 Å². The van der Waals surface area contributed by atoms with Gasteiger partial charge in [0.25, 0.3) is 0 Å². The highest BCUT2D eigenvalue weighted by atomic mass is 32.1. The van der Waals surface area contributed by atoms with E-state index in [1.54, 1.807) is 28.9 Å². The highest BCUT2D eigenvalue weighted by Gasteiger charge is 2.19. The maximum absolute atomic E-state index is 12.4. The zero-order valence-electron chi connectivity index (χ0n) is 16.8. The van der Waals surface area contributed by atoms with Crippen molar-refractivity contribution < 1.29 is 9.53 Å². The molecule has 0 bridgehead atoms. The van der Waals surface area contributed by atoms with Crippen LogP contribution in [0.5, 0.6) is 0 Å². The molecular weight excluding hydrogens is 390 g/mol. The SMILES string of the molecule is COC(=O)c1cc(-c2cccs2)cnc1Nc1nc(C(C)C)c(CC(C)C)s1. The van der Waals surface area contributed by atoms with E-state index in [1.807, 2.05) is 23.6 Å². The molecule has 7 heteroatoms. The fourth-order valence-electron chi connectivity index (χ4n) is 2.89. The molecular formula is C21H25N3O2S2. The monoisotopic (exact) mass is 415 g/mol. The lowest BCUT2D eigenvalue weighted by Gasteiger charge is -2.09. The van der Waals surface area contributed by atoms with Gasteiger partial charge in [0, 0.05) is 21.5 Å². The Bertz CT molecular complexity index is 947. The van der Waals surface area contributed by atoms with E-state index in [9.17, 15) is 4.79 Å². The summed E-state index contributed by atoms with van der Waals surface area (Å²) in [7, 11) is 1.38. The van der Waals surface area contributed by atoms with Crippen molar-refractivity contribution in [2.75, 3.05) is 12.4 Å². The molecule has 148 valence electrons. The van der Waals surface area contributed by atoms with Crippen LogP contribution in [0.2, 0.25) is 0 Å². The van der Waals surface area contributed by atoms with E-state index in [0.717, 1.165) is 27.7 Å². The first kappa shape index (κ1) is 20.5. The minimum absolute atomic E-state index is 0.342. The average molecular weight is 416 g/mol. The minimum Gasteiger partial charge on any atom is -0.465 e. The zero-order chi connectivity index (χ0) is 20.3. The molecule has 0 saturated carbocycles. The van der Waals surface area contributed by atoms with Gasteiger partial charge >= 0.3 is 5.97 Å². The molecule has 0 aliphatic heterocycles. The highest BCUT2D eigenvalue weighted by Crippen LogP contribution is 2.33. The Morgan fingerprint density at radius 1 is 1.29 bits per heavy atom. The molecule has 0 fully saturated rings. The third-order valence-corrected chi connectivity index (χ3v) is 6.12. The maximum Gasteiger partial charge on any atom is 0.341 e. The predicted octanol–water partition coefficient (Wildman–Crippen LogP) is 6.12. The largest absolute Gasteiger partial charge is 0.465 e. The molecule has 0 spiro atoms. The molecule has 0 amide bonds. The summed E-state index contributed by atoms with van der Waals surface area (Å²) in [6.07, 6.45) is 2.76. The van der Waals surface area contributed by atoms with Crippen molar-refractivity contribution >= 4 is 39.6 Å². The zero-order valence-corrected chi connectivity index (χ0v) is 18.4. The summed E-state index contributed by atoms with van der Waals surface area (Å²) in [4.78, 5) is 24.0. The lowest BCUT2D eigenvalue weighted by Crippen LogP contribution is -2.07. The number of anilines is 2. The number of pyridine rings is 1. The summed E-state index contributed by atoms with van der Waals surface area (Å²) in [5.74, 6) is 0.943. The van der Waals surface area contributed by atoms with Gasteiger partial charge in [-0.05, 0) is 35.8 Å². The van der Waals surface area contributed by atoms with Crippen LogP contribution in [-0.4, -0.2) is 23.0 Å². The number of hydrogen-bond donors (Lipinski definition) is 1. The van der Waals surface area contributed by atoms with Crippen molar-refractivity contribution in [2.24, 2.45) is 5.92 Å². The number of methoxy groups -OCH3 is 1. The van der Waals surface area contributed by atoms with E-state index in [4.69, 9.17) is 9.72 Å². The Balaban J connectivity index is 1.96. The Morgan fingerprint density at radius 2 is 2.07 bits per heavy atom. The van der Waals surface area contributed by atoms with Crippen LogP contribution >= 0.6 is 22.7 Å². The molecule has 0 saturated heterocycles. The summed E-state index contributed by atoms with van der Waals surface area (Å²) >= 11 is 3.23. The molecule has 3 aromatic rings. The van der Waals surface area contributed by atoms with Crippen molar-refractivity contribution in [3.8, 4) is 10.4 Å². The Morgan fingerprint density at radius 3 is 2.68 bits per heavy atom. The molecule has 3 heterocycles. The first-order valence-electron chi connectivity index (χ1n) is 9.27. The number of nitrogens with one attached hydrogen (secondary N) is 1. The fraction of sp³-hybridized carbons (Fsp3) is 0.381. The van der Waals surface area contributed by atoms with Gasteiger partial charge in [0.15, 0.2) is 5.13 Å². The molecule has 3 rings (SSSR count). The number of thiazole rings is 1. The fourth-order valence-corrected chi connectivity index (χ4v) is 4.93. The van der Waals surface area contributed by atoms with Gasteiger partial charge in [-0.15, -0.1) is 22.7 Å². The standard InChI is InChI=1S/C21H25N3O2S2/c1-12(2)9-17-18(13(3)4)23-21(28-17)24-19-15(20(25)26-5)10-14(11-22-19)16-7-6-8-27-16/h6-8,10-13H,9H2,1-5H3,(H,22,23,24). The van der Waals surface area contributed by atoms with Gasteiger partial charge in [-0.25, -0.2) is 14.8 Å². The first-order valence-corrected chi connectivity index (χ1v) is 11.0. The molecule has 0 atom stereocenters. The minimum atomic E-state index is -0.420. The molecule has 0 unspecified atom stereocenters. The summed E-state index contributed by atoms with van der Waals surface area (Å²) in [5.41, 5.74) is 2.40. The number of rotatable bonds is 7. The van der Waals surface area contributed by atoms with E-state index in [1.165, 1.54) is 12.0 Å². The summed E-state index contributed by atoms with van der Waals surface area (Å²) in [6.45, 7) is 8.71. The van der Waals surface area contributed by atoms with Crippen molar-refractivity contribution in [1.29, 1.82) is 0 Å². The molecule has 0 radical (unpaired) electrons. The Labute approximate surface area is 173 Å². The molecule has 1 N–H and O–H groups in total. The van der Waals surface area contributed by atoms with Gasteiger partial charge in [-0.1, -0.05) is 33.8 Å². The predicted molar refractivity (Wildman–Crippen MR) is 117 cm³/mol. The van der Waals surface area contributed by atoms with Gasteiger partial charge in [-0.2, -0.15) is 0 Å². The number of esters is 1. The van der Waals surface area contributed by atoms with E-state index in [-0.39, 0.29) is 0 Å². The van der Waals surface area contributed by atoms with Gasteiger partial charge in [0.05, 0.1) is 12.8 Å². The Kier molecular flexibility index (Phi) is 6.46. The molecule has 0 aliphatic carbocycles. The lowest BCUT2D eigenvalue weighted by atomic mass is 10.0. The van der Waals surface area contributed by atoms with Crippen LogP contribution in [0.1, 0.15) is 54.5 Å². The number of carbonyl (C=O) groups excluding carboxylic acids is 1. The third-order valence-electron chi connectivity index (χ3n) is 4.19. The van der Waals surface area contributed by atoms with Crippen LogP contribution in [0.15, 0.2) is 29.8 Å². The van der Waals surface area contributed by atoms with Crippen molar-refractivity contribution in [2.45, 2.75) is 40.0 Å². The molecule has 28 heavy (non-hydrogen) atoms. The second-order valence-electron chi connectivity index (χ2n) is 7.29. The van der Waals surface area contributed by atoms with Crippen LogP contribution in [0.3, 0.4) is 0 Å². The van der Waals surface area contributed by atoms with Crippen LogP contribution in [0.4, 0.5) is 10.9 Å². The van der Waals surface area contributed by atoms with Gasteiger partial charge < -0.3 is 10.1 Å². The molecule has 5 nitrogen and oxygen atoms in total. The molecule has 0 aromatic carbocycles. The maximum atomic E-state index is 12.4. The van der Waals surface area contributed by atoms with E-state index in [2.05, 4.69) is 38.0 Å². The number of aromatic nitrogens is 2. The third kappa shape index (κ3) is 4.59. The lowest BCUT2D eigenvalue weighted by molar-refractivity contribution is 0.0601. The van der Waals surface area contributed by atoms with Crippen molar-refractivity contribution in [3.05, 3.63) is 45.9 Å². The topological polar surface area (TPSA) is 64.1 Å². The highest BCUT2D eigenvalue weighted by molar-refractivity contribution is 7.15. The van der Waals surface area contributed by atoms with E-state index < -0.39 is 5.97 Å². The molecule has 0 aliphatic rings. The van der Waals surface area contributed by atoms with Crippen LogP contribution in [-0.2, 0) is 11.2 Å². The smallest absolute Gasteiger partial charge is 0.341 e.